The number of carbonyl (C=O) groups excluding carboxylic acids is 1. The first-order chi connectivity index (χ1) is 8.29. The van der Waals surface area contributed by atoms with Crippen LogP contribution < -0.4 is 15.0 Å². The topological polar surface area (TPSA) is 41.6 Å². The van der Waals surface area contributed by atoms with E-state index in [9.17, 15) is 4.79 Å². The van der Waals surface area contributed by atoms with Gasteiger partial charge in [-0.2, -0.15) is 0 Å². The quantitative estimate of drug-likeness (QED) is 0.783. The predicted molar refractivity (Wildman–Crippen MR) is 65.5 cm³/mol. The minimum absolute atomic E-state index is 0.162. The fraction of sp³-hybridized carbons (Fsp3) is 0.462. The van der Waals surface area contributed by atoms with Gasteiger partial charge in [0.2, 0.25) is 5.91 Å². The van der Waals surface area contributed by atoms with Crippen LogP contribution in [0.1, 0.15) is 12.0 Å². The van der Waals surface area contributed by atoms with Crippen LogP contribution in [-0.4, -0.2) is 32.1 Å². The SMILES string of the molecule is COc1ccc2c(c1)N1C(=O)CNCC1CC2. The molecule has 2 aliphatic rings. The molecule has 1 unspecified atom stereocenters. The number of hydrogen-bond acceptors (Lipinski definition) is 3. The van der Waals surface area contributed by atoms with Crippen LogP contribution in [0.25, 0.3) is 0 Å². The highest BCUT2D eigenvalue weighted by Crippen LogP contribution is 2.34. The number of amides is 1. The van der Waals surface area contributed by atoms with Gasteiger partial charge in [0.15, 0.2) is 0 Å². The fourth-order valence-electron chi connectivity index (χ4n) is 2.72. The summed E-state index contributed by atoms with van der Waals surface area (Å²) in [5.41, 5.74) is 2.28. The van der Waals surface area contributed by atoms with Gasteiger partial charge in [0.05, 0.1) is 19.3 Å². The van der Waals surface area contributed by atoms with Crippen molar-refractivity contribution in [2.24, 2.45) is 0 Å². The lowest BCUT2D eigenvalue weighted by Gasteiger charge is -2.40. The van der Waals surface area contributed by atoms with Gasteiger partial charge >= 0.3 is 0 Å². The number of anilines is 1. The van der Waals surface area contributed by atoms with Crippen LogP contribution >= 0.6 is 0 Å². The van der Waals surface area contributed by atoms with Crippen LogP contribution in [0.2, 0.25) is 0 Å². The van der Waals surface area contributed by atoms with Crippen molar-refractivity contribution in [1.29, 1.82) is 0 Å². The van der Waals surface area contributed by atoms with E-state index in [0.717, 1.165) is 30.8 Å². The molecule has 4 heteroatoms. The summed E-state index contributed by atoms with van der Waals surface area (Å²) in [7, 11) is 1.65. The Balaban J connectivity index is 2.05. The molecule has 1 amide bonds. The van der Waals surface area contributed by atoms with Gasteiger partial charge in [0, 0.05) is 18.7 Å². The number of nitrogens with one attached hydrogen (secondary N) is 1. The molecule has 0 aliphatic carbocycles. The monoisotopic (exact) mass is 232 g/mol. The smallest absolute Gasteiger partial charge is 0.241 e. The van der Waals surface area contributed by atoms with Gasteiger partial charge in [-0.1, -0.05) is 6.07 Å². The number of piperazine rings is 1. The Morgan fingerprint density at radius 2 is 2.35 bits per heavy atom. The summed E-state index contributed by atoms with van der Waals surface area (Å²) in [6.07, 6.45) is 2.08. The molecule has 3 rings (SSSR count). The molecule has 0 saturated carbocycles. The number of rotatable bonds is 1. The van der Waals surface area contributed by atoms with Crippen LogP contribution in [0.15, 0.2) is 18.2 Å². The third-order valence-electron chi connectivity index (χ3n) is 3.59. The second kappa shape index (κ2) is 4.04. The number of carbonyl (C=O) groups is 1. The van der Waals surface area contributed by atoms with E-state index in [1.165, 1.54) is 5.56 Å². The van der Waals surface area contributed by atoms with E-state index in [0.29, 0.717) is 12.6 Å². The summed E-state index contributed by atoms with van der Waals surface area (Å²) in [4.78, 5) is 14.0. The first-order valence-corrected chi connectivity index (χ1v) is 5.99. The summed E-state index contributed by atoms with van der Waals surface area (Å²) < 4.78 is 5.24. The van der Waals surface area contributed by atoms with Crippen LogP contribution in [0.3, 0.4) is 0 Å². The fourth-order valence-corrected chi connectivity index (χ4v) is 2.72. The summed E-state index contributed by atoms with van der Waals surface area (Å²) in [5, 5.41) is 3.17. The van der Waals surface area contributed by atoms with Gasteiger partial charge in [-0.05, 0) is 24.5 Å². The van der Waals surface area contributed by atoms with Gasteiger partial charge < -0.3 is 15.0 Å². The van der Waals surface area contributed by atoms with Gasteiger partial charge in [-0.25, -0.2) is 0 Å². The Morgan fingerprint density at radius 1 is 1.47 bits per heavy atom. The molecule has 0 spiro atoms. The Bertz CT molecular complexity index is 459. The number of methoxy groups -OCH3 is 1. The Kier molecular flexibility index (Phi) is 2.52. The Hall–Kier alpha value is -1.55. The average Bonchev–Trinajstić information content (AvgIpc) is 2.38. The molecule has 2 heterocycles. The zero-order chi connectivity index (χ0) is 11.8. The van der Waals surface area contributed by atoms with E-state index >= 15 is 0 Å². The molecule has 0 radical (unpaired) electrons. The maximum Gasteiger partial charge on any atom is 0.241 e. The van der Waals surface area contributed by atoms with Gasteiger partial charge in [-0.3, -0.25) is 4.79 Å². The van der Waals surface area contributed by atoms with Crippen molar-refractivity contribution in [3.63, 3.8) is 0 Å². The molecule has 1 aromatic carbocycles. The van der Waals surface area contributed by atoms with Crippen molar-refractivity contribution in [2.75, 3.05) is 25.1 Å². The zero-order valence-electron chi connectivity index (χ0n) is 9.90. The highest BCUT2D eigenvalue weighted by atomic mass is 16.5. The van der Waals surface area contributed by atoms with Crippen LogP contribution in [0.4, 0.5) is 5.69 Å². The third-order valence-corrected chi connectivity index (χ3v) is 3.59. The Labute approximate surface area is 101 Å². The molecule has 1 atom stereocenters. The highest BCUT2D eigenvalue weighted by Gasteiger charge is 2.33. The van der Waals surface area contributed by atoms with Crippen LogP contribution in [0, 0.1) is 0 Å². The summed E-state index contributed by atoms with van der Waals surface area (Å²) in [5.74, 6) is 0.978. The highest BCUT2D eigenvalue weighted by molar-refractivity contribution is 5.97. The molecule has 0 bridgehead atoms. The molecule has 1 N–H and O–H groups in total. The van der Waals surface area contributed by atoms with Crippen molar-refractivity contribution in [3.8, 4) is 5.75 Å². The molecule has 1 saturated heterocycles. The zero-order valence-corrected chi connectivity index (χ0v) is 9.90. The van der Waals surface area contributed by atoms with Gasteiger partial charge in [0.25, 0.3) is 0 Å². The van der Waals surface area contributed by atoms with Gasteiger partial charge in [-0.15, -0.1) is 0 Å². The largest absolute Gasteiger partial charge is 0.497 e. The summed E-state index contributed by atoms with van der Waals surface area (Å²) >= 11 is 0. The second-order valence-corrected chi connectivity index (χ2v) is 4.58. The summed E-state index contributed by atoms with van der Waals surface area (Å²) in [6.45, 7) is 1.33. The summed E-state index contributed by atoms with van der Waals surface area (Å²) in [6, 6.07) is 6.31. The van der Waals surface area contributed by atoms with Crippen molar-refractivity contribution in [2.45, 2.75) is 18.9 Å². The van der Waals surface area contributed by atoms with E-state index in [4.69, 9.17) is 4.74 Å². The third kappa shape index (κ3) is 1.69. The van der Waals surface area contributed by atoms with Crippen molar-refractivity contribution in [1.82, 2.24) is 5.32 Å². The maximum atomic E-state index is 12.0. The van der Waals surface area contributed by atoms with Crippen molar-refractivity contribution < 1.29 is 9.53 Å². The number of benzene rings is 1. The van der Waals surface area contributed by atoms with E-state index in [2.05, 4.69) is 11.4 Å². The molecule has 1 aromatic rings. The number of hydrogen-bond donors (Lipinski definition) is 1. The lowest BCUT2D eigenvalue weighted by atomic mass is 9.94. The minimum Gasteiger partial charge on any atom is -0.497 e. The molecule has 17 heavy (non-hydrogen) atoms. The number of nitrogens with zero attached hydrogens (tertiary/aromatic N) is 1. The molecule has 2 aliphatic heterocycles. The van der Waals surface area contributed by atoms with E-state index in [1.807, 2.05) is 17.0 Å². The molecule has 0 aromatic heterocycles. The van der Waals surface area contributed by atoms with Crippen LogP contribution in [-0.2, 0) is 11.2 Å². The van der Waals surface area contributed by atoms with Crippen molar-refractivity contribution in [3.05, 3.63) is 23.8 Å². The van der Waals surface area contributed by atoms with Crippen molar-refractivity contribution >= 4 is 11.6 Å². The lowest BCUT2D eigenvalue weighted by molar-refractivity contribution is -0.119. The first-order valence-electron chi connectivity index (χ1n) is 5.99. The standard InChI is InChI=1S/C13H16N2O2/c1-17-11-5-3-9-2-4-10-7-14-8-13(16)15(10)12(9)6-11/h3,5-6,10,14H,2,4,7-8H2,1H3. The molecular weight excluding hydrogens is 216 g/mol. The lowest BCUT2D eigenvalue weighted by Crippen LogP contribution is -2.56. The second-order valence-electron chi connectivity index (χ2n) is 4.58. The first kappa shape index (κ1) is 10.6. The number of aryl methyl sites for hydroxylation is 1. The maximum absolute atomic E-state index is 12.0. The normalized spacial score (nSPS) is 23.0. The molecular formula is C13H16N2O2. The number of ether oxygens (including phenoxy) is 1. The van der Waals surface area contributed by atoms with Crippen LogP contribution in [0.5, 0.6) is 5.75 Å². The molecule has 1 fully saturated rings. The predicted octanol–water partition coefficient (Wildman–Crippen LogP) is 0.946. The average molecular weight is 232 g/mol. The van der Waals surface area contributed by atoms with Gasteiger partial charge in [0.1, 0.15) is 5.75 Å². The van der Waals surface area contributed by atoms with E-state index < -0.39 is 0 Å². The number of fused-ring (bicyclic) bond motifs is 3. The van der Waals surface area contributed by atoms with E-state index in [-0.39, 0.29) is 5.91 Å². The Morgan fingerprint density at radius 3 is 3.18 bits per heavy atom. The molecule has 4 nitrogen and oxygen atoms in total. The minimum atomic E-state index is 0.162. The van der Waals surface area contributed by atoms with E-state index in [1.54, 1.807) is 7.11 Å². The molecule has 90 valence electrons.